The predicted octanol–water partition coefficient (Wildman–Crippen LogP) is 3.31. The molecule has 2 heterocycles. The molecule has 5 nitrogen and oxygen atoms in total. The molecule has 2 aliphatic rings. The number of anilines is 2. The topological polar surface area (TPSA) is 43.9 Å². The highest BCUT2D eigenvalue weighted by molar-refractivity contribution is 5.97. The van der Waals surface area contributed by atoms with Gasteiger partial charge in [-0.2, -0.15) is 0 Å². The summed E-state index contributed by atoms with van der Waals surface area (Å²) >= 11 is 0. The first-order valence-electron chi connectivity index (χ1n) is 9.82. The number of amides is 2. The number of halogens is 1. The highest BCUT2D eigenvalue weighted by atomic mass is 19.1. The predicted molar refractivity (Wildman–Crippen MR) is 107 cm³/mol. The third kappa shape index (κ3) is 3.86. The van der Waals surface area contributed by atoms with Gasteiger partial charge in [0, 0.05) is 56.1 Å². The number of hydrogen-bond donors (Lipinski definition) is 0. The first-order valence-corrected chi connectivity index (χ1v) is 9.82. The third-order valence-electron chi connectivity index (χ3n) is 5.51. The van der Waals surface area contributed by atoms with Crippen molar-refractivity contribution < 1.29 is 14.0 Å². The molecule has 0 bridgehead atoms. The van der Waals surface area contributed by atoms with Crippen molar-refractivity contribution in [1.29, 1.82) is 0 Å². The van der Waals surface area contributed by atoms with E-state index in [1.807, 2.05) is 29.2 Å². The Morgan fingerprint density at radius 1 is 0.786 bits per heavy atom. The Bertz CT molecular complexity index is 843. The van der Waals surface area contributed by atoms with E-state index < -0.39 is 0 Å². The van der Waals surface area contributed by atoms with E-state index in [0.29, 0.717) is 25.1 Å². The second kappa shape index (κ2) is 8.00. The Kier molecular flexibility index (Phi) is 5.28. The van der Waals surface area contributed by atoms with Crippen LogP contribution in [0.5, 0.6) is 0 Å². The average Bonchev–Trinajstić information content (AvgIpc) is 2.74. The van der Waals surface area contributed by atoms with Crippen molar-refractivity contribution in [3.05, 3.63) is 59.9 Å². The van der Waals surface area contributed by atoms with Gasteiger partial charge in [-0.05, 0) is 61.4 Å². The second-order valence-electron chi connectivity index (χ2n) is 7.31. The fraction of sp³-hybridized carbons (Fsp3) is 0.364. The molecule has 4 rings (SSSR count). The maximum atomic E-state index is 13.1. The quantitative estimate of drug-likeness (QED) is 0.819. The van der Waals surface area contributed by atoms with Gasteiger partial charge in [0.05, 0.1) is 0 Å². The molecule has 0 radical (unpaired) electrons. The number of carbonyl (C=O) groups excluding carboxylic acids is 2. The maximum absolute atomic E-state index is 13.1. The van der Waals surface area contributed by atoms with E-state index in [1.54, 1.807) is 17.0 Å². The zero-order chi connectivity index (χ0) is 19.5. The molecule has 2 aromatic rings. The number of rotatable bonds is 3. The molecular formula is C22H24FN3O2. The van der Waals surface area contributed by atoms with E-state index in [4.69, 9.17) is 0 Å². The summed E-state index contributed by atoms with van der Waals surface area (Å²) < 4.78 is 13.1. The summed E-state index contributed by atoms with van der Waals surface area (Å²) in [7, 11) is 0. The highest BCUT2D eigenvalue weighted by Gasteiger charge is 2.23. The van der Waals surface area contributed by atoms with Crippen LogP contribution in [0.25, 0.3) is 0 Å². The van der Waals surface area contributed by atoms with Crippen LogP contribution in [0.2, 0.25) is 0 Å². The van der Waals surface area contributed by atoms with Gasteiger partial charge in [-0.3, -0.25) is 9.59 Å². The van der Waals surface area contributed by atoms with Crippen LogP contribution < -0.4 is 9.80 Å². The smallest absolute Gasteiger partial charge is 0.253 e. The summed E-state index contributed by atoms with van der Waals surface area (Å²) in [6.07, 6.45) is 2.57. The van der Waals surface area contributed by atoms with Crippen molar-refractivity contribution in [2.24, 2.45) is 0 Å². The number of nitrogens with zero attached hydrogens (tertiary/aromatic N) is 3. The Balaban J connectivity index is 1.37. The molecule has 0 atom stereocenters. The minimum Gasteiger partial charge on any atom is -0.368 e. The van der Waals surface area contributed by atoms with E-state index >= 15 is 0 Å². The van der Waals surface area contributed by atoms with Crippen LogP contribution in [0.4, 0.5) is 15.8 Å². The fourth-order valence-electron chi connectivity index (χ4n) is 3.87. The SMILES string of the molecule is O=C(c1ccc(N2CCCCC2=O)cc1)N1CCN(c2ccc(F)cc2)CC1. The first kappa shape index (κ1) is 18.5. The normalized spacial score (nSPS) is 17.8. The monoisotopic (exact) mass is 381 g/mol. The Morgan fingerprint density at radius 3 is 2.07 bits per heavy atom. The van der Waals surface area contributed by atoms with Gasteiger partial charge in [-0.1, -0.05) is 0 Å². The summed E-state index contributed by atoms with van der Waals surface area (Å²) in [6.45, 7) is 3.44. The van der Waals surface area contributed by atoms with Gasteiger partial charge in [-0.25, -0.2) is 4.39 Å². The van der Waals surface area contributed by atoms with Gasteiger partial charge in [0.15, 0.2) is 0 Å². The number of benzene rings is 2. The van der Waals surface area contributed by atoms with Crippen LogP contribution in [0.15, 0.2) is 48.5 Å². The van der Waals surface area contributed by atoms with Crippen LogP contribution in [0.1, 0.15) is 29.6 Å². The molecule has 0 saturated carbocycles. The lowest BCUT2D eigenvalue weighted by molar-refractivity contribution is -0.119. The van der Waals surface area contributed by atoms with Gasteiger partial charge in [0.2, 0.25) is 5.91 Å². The molecule has 28 heavy (non-hydrogen) atoms. The average molecular weight is 381 g/mol. The van der Waals surface area contributed by atoms with Crippen molar-refractivity contribution in [2.45, 2.75) is 19.3 Å². The maximum Gasteiger partial charge on any atom is 0.253 e. The van der Waals surface area contributed by atoms with Crippen LogP contribution in [-0.2, 0) is 4.79 Å². The molecule has 2 aromatic carbocycles. The van der Waals surface area contributed by atoms with Crippen molar-refractivity contribution in [1.82, 2.24) is 4.90 Å². The van der Waals surface area contributed by atoms with Gasteiger partial charge < -0.3 is 14.7 Å². The summed E-state index contributed by atoms with van der Waals surface area (Å²) in [5.41, 5.74) is 2.48. The van der Waals surface area contributed by atoms with Gasteiger partial charge in [-0.15, -0.1) is 0 Å². The largest absolute Gasteiger partial charge is 0.368 e. The zero-order valence-electron chi connectivity index (χ0n) is 15.8. The molecule has 2 saturated heterocycles. The van der Waals surface area contributed by atoms with Gasteiger partial charge in [0.1, 0.15) is 5.82 Å². The Hall–Kier alpha value is -2.89. The minimum atomic E-state index is -0.243. The molecule has 0 N–H and O–H groups in total. The van der Waals surface area contributed by atoms with E-state index in [1.165, 1.54) is 12.1 Å². The van der Waals surface area contributed by atoms with Gasteiger partial charge >= 0.3 is 0 Å². The van der Waals surface area contributed by atoms with E-state index in [0.717, 1.165) is 43.9 Å². The molecule has 146 valence electrons. The first-order chi connectivity index (χ1) is 13.6. The lowest BCUT2D eigenvalue weighted by Crippen LogP contribution is -2.48. The van der Waals surface area contributed by atoms with Gasteiger partial charge in [0.25, 0.3) is 5.91 Å². The Labute approximate surface area is 164 Å². The van der Waals surface area contributed by atoms with Crippen molar-refractivity contribution in [3.8, 4) is 0 Å². The van der Waals surface area contributed by atoms with Crippen LogP contribution >= 0.6 is 0 Å². The molecular weight excluding hydrogens is 357 g/mol. The van der Waals surface area contributed by atoms with Crippen molar-refractivity contribution in [2.75, 3.05) is 42.5 Å². The molecule has 0 unspecified atom stereocenters. The standard InChI is InChI=1S/C22H24FN3O2/c23-18-6-10-19(11-7-18)24-13-15-25(16-14-24)22(28)17-4-8-20(9-5-17)26-12-2-1-3-21(26)27/h4-11H,1-3,12-16H2. The fourth-order valence-corrected chi connectivity index (χ4v) is 3.87. The molecule has 2 aliphatic heterocycles. The number of carbonyl (C=O) groups is 2. The zero-order valence-corrected chi connectivity index (χ0v) is 15.8. The van der Waals surface area contributed by atoms with E-state index in [2.05, 4.69) is 4.90 Å². The number of piperidine rings is 1. The van der Waals surface area contributed by atoms with Crippen LogP contribution in [0.3, 0.4) is 0 Å². The summed E-state index contributed by atoms with van der Waals surface area (Å²) in [5, 5.41) is 0. The van der Waals surface area contributed by atoms with E-state index in [9.17, 15) is 14.0 Å². The molecule has 0 aromatic heterocycles. The summed E-state index contributed by atoms with van der Waals surface area (Å²) in [6, 6.07) is 13.8. The Morgan fingerprint density at radius 2 is 1.43 bits per heavy atom. The molecule has 0 aliphatic carbocycles. The number of hydrogen-bond acceptors (Lipinski definition) is 3. The summed E-state index contributed by atoms with van der Waals surface area (Å²) in [5.74, 6) is -0.0789. The molecule has 2 amide bonds. The molecule has 2 fully saturated rings. The third-order valence-corrected chi connectivity index (χ3v) is 5.51. The van der Waals surface area contributed by atoms with E-state index in [-0.39, 0.29) is 17.6 Å². The molecule has 6 heteroatoms. The second-order valence-corrected chi connectivity index (χ2v) is 7.31. The van der Waals surface area contributed by atoms with Crippen molar-refractivity contribution in [3.63, 3.8) is 0 Å². The van der Waals surface area contributed by atoms with Crippen LogP contribution in [0, 0.1) is 5.82 Å². The highest BCUT2D eigenvalue weighted by Crippen LogP contribution is 2.22. The minimum absolute atomic E-state index is 0.00952. The van der Waals surface area contributed by atoms with Crippen LogP contribution in [-0.4, -0.2) is 49.4 Å². The number of piperazine rings is 1. The molecule has 0 spiro atoms. The lowest BCUT2D eigenvalue weighted by atomic mass is 10.1. The summed E-state index contributed by atoms with van der Waals surface area (Å²) in [4.78, 5) is 30.7. The van der Waals surface area contributed by atoms with Crippen molar-refractivity contribution >= 4 is 23.2 Å². The lowest BCUT2D eigenvalue weighted by Gasteiger charge is -2.36.